The first-order valence-corrected chi connectivity index (χ1v) is 6.74. The largest absolute Gasteiger partial charge is 0.481 e. The number of nitrogens with zero attached hydrogens (tertiary/aromatic N) is 6. The summed E-state index contributed by atoms with van der Waals surface area (Å²) in [5, 5.41) is 25.0. The first kappa shape index (κ1) is 15.1. The number of carboxylic acid groups (broad SMARTS) is 1. The molecule has 8 heteroatoms. The first-order chi connectivity index (χ1) is 9.76. The second-order valence-electron chi connectivity index (χ2n) is 6.39. The predicted molar refractivity (Wildman–Crippen MR) is 75.2 cm³/mol. The maximum absolute atomic E-state index is 11.5. The lowest BCUT2D eigenvalue weighted by Gasteiger charge is -2.23. The van der Waals surface area contributed by atoms with Gasteiger partial charge in [0.05, 0.1) is 24.2 Å². The van der Waals surface area contributed by atoms with Gasteiger partial charge in [-0.15, -0.1) is 5.10 Å². The number of hydrogen-bond donors (Lipinski definition) is 1. The molecule has 0 aromatic carbocycles. The molecule has 2 heterocycles. The minimum absolute atomic E-state index is 0.0778. The molecule has 0 saturated carbocycles. The molecule has 0 aliphatic carbocycles. The summed E-state index contributed by atoms with van der Waals surface area (Å²) >= 11 is 0. The van der Waals surface area contributed by atoms with E-state index < -0.39 is 11.9 Å². The van der Waals surface area contributed by atoms with Crippen LogP contribution in [0, 0.1) is 11.3 Å². The molecule has 1 unspecified atom stereocenters. The van der Waals surface area contributed by atoms with Crippen LogP contribution in [0.25, 0.3) is 11.4 Å². The fourth-order valence-electron chi connectivity index (χ4n) is 2.25. The van der Waals surface area contributed by atoms with Crippen molar-refractivity contribution in [3.63, 3.8) is 0 Å². The third-order valence-corrected chi connectivity index (χ3v) is 3.10. The fourth-order valence-corrected chi connectivity index (χ4v) is 2.25. The average molecular weight is 292 g/mol. The Morgan fingerprint density at radius 3 is 2.67 bits per heavy atom. The van der Waals surface area contributed by atoms with Gasteiger partial charge in [-0.3, -0.25) is 9.48 Å². The summed E-state index contributed by atoms with van der Waals surface area (Å²) in [6, 6.07) is 0. The van der Waals surface area contributed by atoms with Crippen LogP contribution in [0.15, 0.2) is 12.4 Å². The summed E-state index contributed by atoms with van der Waals surface area (Å²) < 4.78 is 3.18. The van der Waals surface area contributed by atoms with E-state index in [1.165, 1.54) is 4.68 Å². The molecule has 2 rings (SSSR count). The Labute approximate surface area is 122 Å². The second kappa shape index (κ2) is 5.63. The zero-order valence-corrected chi connectivity index (χ0v) is 12.7. The van der Waals surface area contributed by atoms with Gasteiger partial charge in [-0.2, -0.15) is 5.10 Å². The minimum atomic E-state index is -0.836. The quantitative estimate of drug-likeness (QED) is 0.889. The Morgan fingerprint density at radius 1 is 1.43 bits per heavy atom. The van der Waals surface area contributed by atoms with Crippen LogP contribution in [-0.4, -0.2) is 41.1 Å². The van der Waals surface area contributed by atoms with Crippen LogP contribution < -0.4 is 0 Å². The van der Waals surface area contributed by atoms with E-state index in [1.807, 2.05) is 20.8 Å². The van der Waals surface area contributed by atoms with Crippen molar-refractivity contribution in [1.82, 2.24) is 30.0 Å². The standard InChI is InChI=1S/C13H20N6O2/c1-13(2,3)5-9(12(20)21)8-19-11(15-16-17-19)10-6-14-18(4)7-10/h6-7,9H,5,8H2,1-4H3,(H,20,21). The highest BCUT2D eigenvalue weighted by Crippen LogP contribution is 2.26. The van der Waals surface area contributed by atoms with E-state index in [9.17, 15) is 9.90 Å². The Hall–Kier alpha value is -2.25. The number of carbonyl (C=O) groups is 1. The van der Waals surface area contributed by atoms with Gasteiger partial charge in [-0.05, 0) is 22.3 Å². The van der Waals surface area contributed by atoms with Gasteiger partial charge in [-0.25, -0.2) is 4.68 Å². The van der Waals surface area contributed by atoms with Crippen molar-refractivity contribution in [2.75, 3.05) is 0 Å². The van der Waals surface area contributed by atoms with Crippen molar-refractivity contribution < 1.29 is 9.90 Å². The molecule has 2 aromatic rings. The number of aryl methyl sites for hydroxylation is 1. The maximum atomic E-state index is 11.5. The summed E-state index contributed by atoms with van der Waals surface area (Å²) in [6.45, 7) is 6.30. The summed E-state index contributed by atoms with van der Waals surface area (Å²) in [7, 11) is 1.80. The van der Waals surface area contributed by atoms with E-state index >= 15 is 0 Å². The summed E-state index contributed by atoms with van der Waals surface area (Å²) in [5.41, 5.74) is 0.688. The Kier molecular flexibility index (Phi) is 4.06. The lowest BCUT2D eigenvalue weighted by Crippen LogP contribution is -2.26. The van der Waals surface area contributed by atoms with E-state index in [2.05, 4.69) is 20.6 Å². The molecular formula is C13H20N6O2. The molecule has 8 nitrogen and oxygen atoms in total. The molecule has 0 fully saturated rings. The van der Waals surface area contributed by atoms with E-state index in [-0.39, 0.29) is 12.0 Å². The lowest BCUT2D eigenvalue weighted by molar-refractivity contribution is -0.143. The van der Waals surface area contributed by atoms with E-state index in [4.69, 9.17) is 0 Å². The van der Waals surface area contributed by atoms with Crippen molar-refractivity contribution >= 4 is 5.97 Å². The molecule has 2 aromatic heterocycles. The molecule has 0 saturated heterocycles. The highest BCUT2D eigenvalue weighted by atomic mass is 16.4. The summed E-state index contributed by atoms with van der Waals surface area (Å²) in [4.78, 5) is 11.5. The smallest absolute Gasteiger partial charge is 0.308 e. The minimum Gasteiger partial charge on any atom is -0.481 e. The number of aliphatic carboxylic acids is 1. The molecule has 1 atom stereocenters. The molecular weight excluding hydrogens is 272 g/mol. The van der Waals surface area contributed by atoms with Crippen LogP contribution in [0.3, 0.4) is 0 Å². The summed E-state index contributed by atoms with van der Waals surface area (Å²) in [6.07, 6.45) is 4.00. The van der Waals surface area contributed by atoms with Crippen LogP contribution in [-0.2, 0) is 18.4 Å². The van der Waals surface area contributed by atoms with E-state index in [0.717, 1.165) is 5.56 Å². The first-order valence-electron chi connectivity index (χ1n) is 6.74. The molecule has 1 N–H and O–H groups in total. The molecule has 0 aliphatic heterocycles. The number of tetrazole rings is 1. The number of aromatic nitrogens is 6. The van der Waals surface area contributed by atoms with E-state index in [0.29, 0.717) is 12.2 Å². The van der Waals surface area contributed by atoms with Gasteiger partial charge in [0.2, 0.25) is 0 Å². The zero-order valence-electron chi connectivity index (χ0n) is 12.7. The van der Waals surface area contributed by atoms with Crippen LogP contribution in [0.5, 0.6) is 0 Å². The lowest BCUT2D eigenvalue weighted by atomic mass is 9.84. The third kappa shape index (κ3) is 3.87. The SMILES string of the molecule is Cn1cc(-c2nnnn2CC(CC(C)(C)C)C(=O)O)cn1. The van der Waals surface area contributed by atoms with Crippen molar-refractivity contribution in [2.45, 2.75) is 33.7 Å². The highest BCUT2D eigenvalue weighted by Gasteiger charge is 2.26. The van der Waals surface area contributed by atoms with Crippen molar-refractivity contribution in [3.8, 4) is 11.4 Å². The van der Waals surface area contributed by atoms with Gasteiger partial charge in [0.1, 0.15) is 0 Å². The molecule has 0 amide bonds. The van der Waals surface area contributed by atoms with E-state index in [1.54, 1.807) is 24.1 Å². The normalized spacial score (nSPS) is 13.3. The average Bonchev–Trinajstić information content (AvgIpc) is 2.95. The Morgan fingerprint density at radius 2 is 2.14 bits per heavy atom. The third-order valence-electron chi connectivity index (χ3n) is 3.10. The highest BCUT2D eigenvalue weighted by molar-refractivity contribution is 5.70. The summed E-state index contributed by atoms with van der Waals surface area (Å²) in [5.74, 6) is -0.843. The molecule has 0 aliphatic rings. The van der Waals surface area contributed by atoms with Crippen molar-refractivity contribution in [1.29, 1.82) is 0 Å². The van der Waals surface area contributed by atoms with Crippen molar-refractivity contribution in [3.05, 3.63) is 12.4 Å². The number of rotatable bonds is 5. The fraction of sp³-hybridized carbons (Fsp3) is 0.615. The van der Waals surface area contributed by atoms with Gasteiger partial charge < -0.3 is 5.11 Å². The van der Waals surface area contributed by atoms with Gasteiger partial charge >= 0.3 is 5.97 Å². The van der Waals surface area contributed by atoms with Crippen molar-refractivity contribution in [2.24, 2.45) is 18.4 Å². The van der Waals surface area contributed by atoms with Crippen LogP contribution in [0.4, 0.5) is 0 Å². The van der Waals surface area contributed by atoms with Crippen LogP contribution in [0.2, 0.25) is 0 Å². The second-order valence-corrected chi connectivity index (χ2v) is 6.39. The van der Waals surface area contributed by atoms with Crippen LogP contribution >= 0.6 is 0 Å². The molecule has 0 bridgehead atoms. The Balaban J connectivity index is 2.22. The molecule has 21 heavy (non-hydrogen) atoms. The predicted octanol–water partition coefficient (Wildman–Crippen LogP) is 1.21. The van der Waals surface area contributed by atoms with Gasteiger partial charge in [-0.1, -0.05) is 20.8 Å². The molecule has 0 radical (unpaired) electrons. The van der Waals surface area contributed by atoms with Gasteiger partial charge in [0, 0.05) is 13.2 Å². The monoisotopic (exact) mass is 292 g/mol. The zero-order chi connectivity index (χ0) is 15.6. The maximum Gasteiger partial charge on any atom is 0.308 e. The Bertz CT molecular complexity index is 625. The van der Waals surface area contributed by atoms with Crippen LogP contribution in [0.1, 0.15) is 27.2 Å². The molecule has 114 valence electrons. The van der Waals surface area contributed by atoms with Gasteiger partial charge in [0.15, 0.2) is 5.82 Å². The topological polar surface area (TPSA) is 98.7 Å². The number of carboxylic acids is 1. The molecule has 0 spiro atoms. The van der Waals surface area contributed by atoms with Gasteiger partial charge in [0.25, 0.3) is 0 Å². The number of hydrogen-bond acceptors (Lipinski definition) is 5.